The number of aryl methyl sites for hydroxylation is 2. The molecule has 2 aromatic carbocycles. The molecule has 0 atom stereocenters. The molecule has 224 valence electrons. The number of carbonyl (C=O) groups excluding carboxylic acids is 2. The molecular weight excluding hydrogens is 563 g/mol. The molecule has 0 saturated carbocycles. The Bertz CT molecular complexity index is 1520. The Kier molecular flexibility index (Phi) is 8.49. The van der Waals surface area contributed by atoms with Crippen LogP contribution in [0.2, 0.25) is 0 Å². The highest BCUT2D eigenvalue weighted by Gasteiger charge is 2.47. The lowest BCUT2D eigenvalue weighted by Crippen LogP contribution is -2.50. The molecule has 0 bridgehead atoms. The molecule has 1 spiro atoms. The zero-order chi connectivity index (χ0) is 30.1. The van der Waals surface area contributed by atoms with Gasteiger partial charge in [0.05, 0.1) is 0 Å². The number of nitrogens with zero attached hydrogens (tertiary/aromatic N) is 3. The van der Waals surface area contributed by atoms with E-state index >= 15 is 0 Å². The predicted molar refractivity (Wildman–Crippen MR) is 157 cm³/mol. The van der Waals surface area contributed by atoms with Gasteiger partial charge in [0.2, 0.25) is 15.9 Å². The van der Waals surface area contributed by atoms with Crippen molar-refractivity contribution < 1.29 is 32.2 Å². The molecule has 2 saturated heterocycles. The second kappa shape index (κ2) is 11.9. The van der Waals surface area contributed by atoms with Crippen molar-refractivity contribution in [2.75, 3.05) is 31.2 Å². The van der Waals surface area contributed by atoms with Crippen LogP contribution >= 0.6 is 0 Å². The molecule has 1 N–H and O–H groups in total. The third-order valence-electron chi connectivity index (χ3n) is 8.24. The van der Waals surface area contributed by atoms with Crippen molar-refractivity contribution in [1.82, 2.24) is 9.62 Å². The topological polar surface area (TPSA) is 118 Å². The highest BCUT2D eigenvalue weighted by atomic mass is 32.2. The summed E-state index contributed by atoms with van der Waals surface area (Å²) in [4.78, 5) is 35.7. The average molecular weight is 599 g/mol. The Morgan fingerprint density at radius 3 is 2.45 bits per heavy atom. The molecule has 2 amide bonds. The molecule has 3 aliphatic heterocycles. The van der Waals surface area contributed by atoms with E-state index in [1.807, 2.05) is 30.9 Å². The number of carbonyl (C=O) groups is 2. The van der Waals surface area contributed by atoms with Gasteiger partial charge in [0.1, 0.15) is 11.4 Å². The van der Waals surface area contributed by atoms with Crippen LogP contribution in [0.4, 0.5) is 10.2 Å². The summed E-state index contributed by atoms with van der Waals surface area (Å²) in [6, 6.07) is 10.1. The van der Waals surface area contributed by atoms with E-state index in [0.717, 1.165) is 35.2 Å². The van der Waals surface area contributed by atoms with Gasteiger partial charge in [-0.05, 0) is 86.6 Å². The summed E-state index contributed by atoms with van der Waals surface area (Å²) in [7, 11) is -3.77. The van der Waals surface area contributed by atoms with Crippen LogP contribution in [-0.2, 0) is 24.3 Å². The summed E-state index contributed by atoms with van der Waals surface area (Å²) in [6.07, 6.45) is 3.57. The standard InChI is InChI=1S/C30H35FN4O6S/c1-20-17-25(35(22(3)36)24-7-14-40-15-8-24)18-21(2)27(20)9-16-42(38,39)34-12-10-30(11-13-34)29(37)32-28(33-30)23-5-4-6-26(19-23)41-31/h4-6,9,16-19,24H,7-8,10-15H2,1-3H3,(H,32,33,37)/b16-9+. The summed E-state index contributed by atoms with van der Waals surface area (Å²) in [6.45, 7) is 6.85. The number of rotatable bonds is 7. The van der Waals surface area contributed by atoms with Crippen molar-refractivity contribution in [2.45, 2.75) is 58.0 Å². The minimum atomic E-state index is -3.77. The zero-order valence-electron chi connectivity index (χ0n) is 23.9. The molecule has 3 heterocycles. The molecule has 3 aliphatic rings. The van der Waals surface area contributed by atoms with E-state index in [0.29, 0.717) is 24.6 Å². The second-order valence-corrected chi connectivity index (χ2v) is 12.8. The molecule has 42 heavy (non-hydrogen) atoms. The number of anilines is 1. The van der Waals surface area contributed by atoms with Crippen LogP contribution in [0.5, 0.6) is 5.75 Å². The number of sulfonamides is 1. The van der Waals surface area contributed by atoms with Gasteiger partial charge in [0.25, 0.3) is 5.91 Å². The fourth-order valence-electron chi connectivity index (χ4n) is 5.98. The van der Waals surface area contributed by atoms with Crippen LogP contribution < -0.4 is 15.2 Å². The van der Waals surface area contributed by atoms with Crippen LogP contribution in [0.25, 0.3) is 6.08 Å². The number of hydrogen-bond acceptors (Lipinski definition) is 7. The highest BCUT2D eigenvalue weighted by Crippen LogP contribution is 2.33. The minimum absolute atomic E-state index is 0.00582. The zero-order valence-corrected chi connectivity index (χ0v) is 24.7. The number of benzene rings is 2. The third-order valence-corrected chi connectivity index (χ3v) is 9.81. The Hall–Kier alpha value is -3.61. The van der Waals surface area contributed by atoms with Crippen LogP contribution in [0.1, 0.15) is 54.9 Å². The maximum atomic E-state index is 13.3. The molecule has 2 fully saturated rings. The van der Waals surface area contributed by atoms with E-state index < -0.39 is 15.6 Å². The van der Waals surface area contributed by atoms with Gasteiger partial charge in [-0.1, -0.05) is 12.1 Å². The van der Waals surface area contributed by atoms with E-state index in [1.165, 1.54) is 21.8 Å². The van der Waals surface area contributed by atoms with E-state index in [1.54, 1.807) is 25.1 Å². The maximum absolute atomic E-state index is 13.3. The van der Waals surface area contributed by atoms with Gasteiger partial charge in [-0.15, -0.1) is 0 Å². The molecule has 5 rings (SSSR count). The average Bonchev–Trinajstić information content (AvgIpc) is 3.28. The number of nitrogens with one attached hydrogen (secondary N) is 1. The van der Waals surface area contributed by atoms with E-state index in [9.17, 15) is 22.5 Å². The number of halogens is 1. The smallest absolute Gasteiger partial charge is 0.253 e. The molecule has 0 unspecified atom stereocenters. The minimum Gasteiger partial charge on any atom is -0.381 e. The lowest BCUT2D eigenvalue weighted by Gasteiger charge is -2.34. The molecule has 12 heteroatoms. The van der Waals surface area contributed by atoms with Gasteiger partial charge in [-0.25, -0.2) is 8.42 Å². The summed E-state index contributed by atoms with van der Waals surface area (Å²) < 4.78 is 46.0. The first-order valence-corrected chi connectivity index (χ1v) is 15.5. The van der Waals surface area contributed by atoms with Gasteiger partial charge in [0.15, 0.2) is 5.75 Å². The highest BCUT2D eigenvalue weighted by molar-refractivity contribution is 7.92. The number of hydrogen-bond donors (Lipinski definition) is 1. The van der Waals surface area contributed by atoms with Gasteiger partial charge >= 0.3 is 0 Å². The predicted octanol–water partition coefficient (Wildman–Crippen LogP) is 3.81. The molecular formula is C30H35FN4O6S. The lowest BCUT2D eigenvalue weighted by atomic mass is 9.89. The fraction of sp³-hybridized carbons (Fsp3) is 0.433. The molecule has 0 aliphatic carbocycles. The summed E-state index contributed by atoms with van der Waals surface area (Å²) >= 11 is 0. The Morgan fingerprint density at radius 1 is 1.17 bits per heavy atom. The number of amidine groups is 1. The molecule has 2 aromatic rings. The quantitative estimate of drug-likeness (QED) is 0.518. The second-order valence-electron chi connectivity index (χ2n) is 11.0. The van der Waals surface area contributed by atoms with Crippen molar-refractivity contribution in [1.29, 1.82) is 0 Å². The van der Waals surface area contributed by atoms with E-state index in [-0.39, 0.29) is 49.5 Å². The number of piperidine rings is 1. The van der Waals surface area contributed by atoms with Gasteiger partial charge < -0.3 is 15.0 Å². The maximum Gasteiger partial charge on any atom is 0.253 e. The van der Waals surface area contributed by atoms with Crippen LogP contribution in [0.3, 0.4) is 0 Å². The number of ether oxygens (including phenoxy) is 1. The van der Waals surface area contributed by atoms with Crippen LogP contribution in [0, 0.1) is 13.8 Å². The molecule has 10 nitrogen and oxygen atoms in total. The SMILES string of the molecule is CC(=O)N(c1cc(C)c(/C=C/S(=O)(=O)N2CCC3(CC2)N=C(c2cccc(OF)c2)NC3=O)c(C)c1)C1CCOCC1. The Labute approximate surface area is 245 Å². The van der Waals surface area contributed by atoms with Crippen molar-refractivity contribution >= 4 is 39.4 Å². The monoisotopic (exact) mass is 598 g/mol. The first-order chi connectivity index (χ1) is 20.0. The first kappa shape index (κ1) is 29.9. The van der Waals surface area contributed by atoms with Gasteiger partial charge in [-0.3, -0.25) is 19.5 Å². The summed E-state index contributed by atoms with van der Waals surface area (Å²) in [5.41, 5.74) is 2.72. The third kappa shape index (κ3) is 5.97. The Balaban J connectivity index is 1.29. The van der Waals surface area contributed by atoms with Crippen LogP contribution in [-0.4, -0.2) is 68.3 Å². The number of aliphatic imine (C=N–C) groups is 1. The van der Waals surface area contributed by atoms with Crippen molar-refractivity contribution in [3.8, 4) is 5.75 Å². The van der Waals surface area contributed by atoms with Gasteiger partial charge in [-0.2, -0.15) is 4.31 Å². The summed E-state index contributed by atoms with van der Waals surface area (Å²) in [5, 5.41) is 3.96. The van der Waals surface area contributed by atoms with Crippen molar-refractivity contribution in [2.24, 2.45) is 4.99 Å². The largest absolute Gasteiger partial charge is 0.381 e. The lowest BCUT2D eigenvalue weighted by molar-refractivity contribution is -0.125. The summed E-state index contributed by atoms with van der Waals surface area (Å²) in [5.74, 6) is -0.0362. The normalized spacial score (nSPS) is 19.6. The van der Waals surface area contributed by atoms with E-state index in [4.69, 9.17) is 4.74 Å². The van der Waals surface area contributed by atoms with Crippen LogP contribution in [0.15, 0.2) is 46.8 Å². The first-order valence-electron chi connectivity index (χ1n) is 14.0. The van der Waals surface area contributed by atoms with E-state index in [2.05, 4.69) is 15.3 Å². The number of amides is 2. The Morgan fingerprint density at radius 2 is 1.83 bits per heavy atom. The fourth-order valence-corrected chi connectivity index (χ4v) is 7.15. The van der Waals surface area contributed by atoms with Crippen molar-refractivity contribution in [3.63, 3.8) is 0 Å². The molecule has 0 aromatic heterocycles. The van der Waals surface area contributed by atoms with Gasteiger partial charge in [0, 0.05) is 60.5 Å². The van der Waals surface area contributed by atoms with Crippen molar-refractivity contribution in [3.05, 3.63) is 64.1 Å². The molecule has 0 radical (unpaired) electrons.